The summed E-state index contributed by atoms with van der Waals surface area (Å²) in [7, 11) is 1.76. The Kier molecular flexibility index (Phi) is 23.8. The maximum Gasteiger partial charge on any atom is 0.397 e. The maximum atomic E-state index is 10.3. The Labute approximate surface area is 170 Å². The maximum absolute atomic E-state index is 10.3. The third-order valence-electron chi connectivity index (χ3n) is 4.23. The molecule has 0 rings (SSSR count). The van der Waals surface area contributed by atoms with Gasteiger partial charge in [-0.3, -0.25) is 4.55 Å². The van der Waals surface area contributed by atoms with Gasteiger partial charge in [0.1, 0.15) is 0 Å². The molecule has 0 aliphatic carbocycles. The van der Waals surface area contributed by atoms with E-state index < -0.39 is 10.4 Å². The lowest BCUT2D eigenvalue weighted by molar-refractivity contribution is 0.261. The van der Waals surface area contributed by atoms with E-state index >= 15 is 0 Å². The summed E-state index contributed by atoms with van der Waals surface area (Å²) in [4.78, 5) is 2.00. The molecular weight excluding hydrogens is 362 g/mol. The molecule has 0 aromatic heterocycles. The molecule has 0 aromatic rings. The molecule has 0 heterocycles. The summed E-state index contributed by atoms with van der Waals surface area (Å²) in [6.07, 6.45) is 20.5. The summed E-state index contributed by atoms with van der Waals surface area (Å²) in [5.41, 5.74) is 0. The van der Waals surface area contributed by atoms with E-state index in [2.05, 4.69) is 11.1 Å². The van der Waals surface area contributed by atoms with Gasteiger partial charge in [-0.2, -0.15) is 8.42 Å². The number of hydrogen-bond donors (Lipinski definition) is 1. The van der Waals surface area contributed by atoms with E-state index in [1.807, 2.05) is 26.0 Å². The SMILES string of the molecule is CCCCCCCCCCCCCCCCCCOS(=O)(=O)O.CN(C)C. The minimum atomic E-state index is -4.24. The molecule has 27 heavy (non-hydrogen) atoms. The molecule has 0 atom stereocenters. The zero-order chi connectivity index (χ0) is 20.8. The van der Waals surface area contributed by atoms with Gasteiger partial charge < -0.3 is 4.90 Å². The molecule has 6 heteroatoms. The van der Waals surface area contributed by atoms with Crippen LogP contribution in [0.4, 0.5) is 0 Å². The summed E-state index contributed by atoms with van der Waals surface area (Å²) in [6.45, 7) is 2.36. The molecule has 0 bridgehead atoms. The van der Waals surface area contributed by atoms with Gasteiger partial charge >= 0.3 is 10.4 Å². The highest BCUT2D eigenvalue weighted by atomic mass is 32.3. The highest BCUT2D eigenvalue weighted by Gasteiger charge is 2.02. The Morgan fingerprint density at radius 3 is 1.15 bits per heavy atom. The second-order valence-corrected chi connectivity index (χ2v) is 8.99. The number of unbranched alkanes of at least 4 members (excludes halogenated alkanes) is 15. The molecule has 0 aliphatic rings. The van der Waals surface area contributed by atoms with Crippen molar-refractivity contribution < 1.29 is 17.2 Å². The van der Waals surface area contributed by atoms with Crippen molar-refractivity contribution in [2.24, 2.45) is 0 Å². The molecular formula is C21H47NO4S. The lowest BCUT2D eigenvalue weighted by atomic mass is 10.0. The fourth-order valence-electron chi connectivity index (χ4n) is 2.81. The predicted octanol–water partition coefficient (Wildman–Crippen LogP) is 6.25. The first kappa shape index (κ1) is 29.0. The normalized spacial score (nSPS) is 11.5. The molecule has 0 saturated heterocycles. The zero-order valence-electron chi connectivity index (χ0n) is 18.5. The van der Waals surface area contributed by atoms with Crippen LogP contribution in [0.1, 0.15) is 110 Å². The molecule has 0 amide bonds. The monoisotopic (exact) mass is 409 g/mol. The van der Waals surface area contributed by atoms with Crippen molar-refractivity contribution in [3.05, 3.63) is 0 Å². The van der Waals surface area contributed by atoms with Crippen molar-refractivity contribution in [1.29, 1.82) is 0 Å². The smallest absolute Gasteiger partial charge is 0.312 e. The average Bonchev–Trinajstić information content (AvgIpc) is 2.56. The predicted molar refractivity (Wildman–Crippen MR) is 117 cm³/mol. The summed E-state index contributed by atoms with van der Waals surface area (Å²) in [5, 5.41) is 0. The van der Waals surface area contributed by atoms with E-state index in [4.69, 9.17) is 4.55 Å². The van der Waals surface area contributed by atoms with Crippen LogP contribution in [0.2, 0.25) is 0 Å². The second kappa shape index (κ2) is 22.1. The Hall–Kier alpha value is -0.170. The Balaban J connectivity index is 0. The van der Waals surface area contributed by atoms with Crippen molar-refractivity contribution in [2.75, 3.05) is 27.7 Å². The highest BCUT2D eigenvalue weighted by molar-refractivity contribution is 7.80. The third kappa shape index (κ3) is 37.3. The molecule has 0 spiro atoms. The molecule has 166 valence electrons. The van der Waals surface area contributed by atoms with Gasteiger partial charge in [-0.1, -0.05) is 103 Å². The van der Waals surface area contributed by atoms with Crippen molar-refractivity contribution in [3.8, 4) is 0 Å². The van der Waals surface area contributed by atoms with E-state index in [1.165, 1.54) is 83.5 Å². The van der Waals surface area contributed by atoms with Crippen LogP contribution in [0.25, 0.3) is 0 Å². The summed E-state index contributed by atoms with van der Waals surface area (Å²) >= 11 is 0. The van der Waals surface area contributed by atoms with Gasteiger partial charge in [0, 0.05) is 0 Å². The lowest BCUT2D eigenvalue weighted by Crippen LogP contribution is -2.04. The van der Waals surface area contributed by atoms with Crippen molar-refractivity contribution in [3.63, 3.8) is 0 Å². The quantitative estimate of drug-likeness (QED) is 0.214. The zero-order valence-corrected chi connectivity index (χ0v) is 19.4. The number of rotatable bonds is 18. The summed E-state index contributed by atoms with van der Waals surface area (Å²) < 4.78 is 33.3. The van der Waals surface area contributed by atoms with Crippen LogP contribution in [0.5, 0.6) is 0 Å². The Morgan fingerprint density at radius 2 is 0.889 bits per heavy atom. The molecule has 0 radical (unpaired) electrons. The first-order valence-electron chi connectivity index (χ1n) is 11.0. The number of nitrogens with zero attached hydrogens (tertiary/aromatic N) is 1. The minimum Gasteiger partial charge on any atom is -0.312 e. The van der Waals surface area contributed by atoms with Crippen LogP contribution in [0.3, 0.4) is 0 Å². The van der Waals surface area contributed by atoms with E-state index in [0.717, 1.165) is 12.8 Å². The standard InChI is InChI=1S/C18H38O4S.C3H9N/c1-2-3-4-5-6-7-8-9-10-11-12-13-14-15-16-17-18-22-23(19,20)21;1-4(2)3/h2-18H2,1H3,(H,19,20,21);1-3H3. The van der Waals surface area contributed by atoms with Gasteiger partial charge in [0.25, 0.3) is 0 Å². The van der Waals surface area contributed by atoms with Crippen molar-refractivity contribution >= 4 is 10.4 Å². The van der Waals surface area contributed by atoms with Gasteiger partial charge in [0.2, 0.25) is 0 Å². The van der Waals surface area contributed by atoms with E-state index in [0.29, 0.717) is 6.42 Å². The van der Waals surface area contributed by atoms with Crippen LogP contribution in [0.15, 0.2) is 0 Å². The minimum absolute atomic E-state index is 0.0945. The molecule has 5 nitrogen and oxygen atoms in total. The first-order chi connectivity index (χ1) is 12.8. The Bertz CT molecular complexity index is 370. The van der Waals surface area contributed by atoms with Crippen LogP contribution in [-0.2, 0) is 14.6 Å². The summed E-state index contributed by atoms with van der Waals surface area (Å²) in [6, 6.07) is 0. The van der Waals surface area contributed by atoms with E-state index in [1.54, 1.807) is 0 Å². The van der Waals surface area contributed by atoms with Crippen molar-refractivity contribution in [2.45, 2.75) is 110 Å². The third-order valence-corrected chi connectivity index (χ3v) is 4.69. The molecule has 0 unspecified atom stereocenters. The lowest BCUT2D eigenvalue weighted by Gasteiger charge is -2.03. The van der Waals surface area contributed by atoms with Crippen LogP contribution < -0.4 is 0 Å². The van der Waals surface area contributed by atoms with Crippen LogP contribution in [-0.4, -0.2) is 45.6 Å². The van der Waals surface area contributed by atoms with Gasteiger partial charge in [-0.05, 0) is 27.6 Å². The topological polar surface area (TPSA) is 66.8 Å². The van der Waals surface area contributed by atoms with E-state index in [-0.39, 0.29) is 6.61 Å². The molecule has 0 aliphatic heterocycles. The molecule has 0 fully saturated rings. The highest BCUT2D eigenvalue weighted by Crippen LogP contribution is 2.13. The first-order valence-corrected chi connectivity index (χ1v) is 12.4. The molecule has 0 aromatic carbocycles. The van der Waals surface area contributed by atoms with Gasteiger partial charge in [-0.15, -0.1) is 0 Å². The van der Waals surface area contributed by atoms with Crippen LogP contribution in [0, 0.1) is 0 Å². The van der Waals surface area contributed by atoms with Gasteiger partial charge in [0.15, 0.2) is 0 Å². The fraction of sp³-hybridized carbons (Fsp3) is 1.00. The number of hydrogen-bond acceptors (Lipinski definition) is 4. The van der Waals surface area contributed by atoms with Crippen molar-refractivity contribution in [1.82, 2.24) is 4.90 Å². The van der Waals surface area contributed by atoms with Gasteiger partial charge in [0.05, 0.1) is 6.61 Å². The average molecular weight is 410 g/mol. The molecule has 0 saturated carbocycles. The summed E-state index contributed by atoms with van der Waals surface area (Å²) in [5.74, 6) is 0. The largest absolute Gasteiger partial charge is 0.397 e. The second-order valence-electron chi connectivity index (χ2n) is 7.89. The van der Waals surface area contributed by atoms with Gasteiger partial charge in [-0.25, -0.2) is 4.18 Å². The Morgan fingerprint density at radius 1 is 0.630 bits per heavy atom. The fourth-order valence-corrected chi connectivity index (χ4v) is 3.14. The molecule has 1 N–H and O–H groups in total. The van der Waals surface area contributed by atoms with E-state index in [9.17, 15) is 8.42 Å². The van der Waals surface area contributed by atoms with Crippen LogP contribution >= 0.6 is 0 Å².